The third kappa shape index (κ3) is 6.09. The number of hydrogen-bond acceptors (Lipinski definition) is 5. The number of hydrogen-bond donors (Lipinski definition) is 1. The molecule has 2 aliphatic rings. The van der Waals surface area contributed by atoms with Crippen molar-refractivity contribution in [1.29, 1.82) is 0 Å². The third-order valence-electron chi connectivity index (χ3n) is 5.87. The molecule has 30 heavy (non-hydrogen) atoms. The Morgan fingerprint density at radius 3 is 2.57 bits per heavy atom. The average molecular weight is 458 g/mol. The molecule has 2 aliphatic heterocycles. The Morgan fingerprint density at radius 2 is 1.87 bits per heavy atom. The maximum absolute atomic E-state index is 13.2. The molecule has 0 unspecified atom stereocenters. The number of halogens is 1. The number of carbonyl (C=O) groups excluding carboxylic acids is 1. The molecule has 0 radical (unpaired) electrons. The van der Waals surface area contributed by atoms with Gasteiger partial charge in [0.25, 0.3) is 0 Å². The summed E-state index contributed by atoms with van der Waals surface area (Å²) in [5.41, 5.74) is 0. The summed E-state index contributed by atoms with van der Waals surface area (Å²) in [5, 5.41) is 3.27. The Hall–Kier alpha value is -1.35. The lowest BCUT2D eigenvalue weighted by molar-refractivity contribution is 0.0892. The molecule has 0 saturated carbocycles. The van der Waals surface area contributed by atoms with Crippen LogP contribution in [0.4, 0.5) is 4.79 Å². The van der Waals surface area contributed by atoms with Crippen LogP contribution < -0.4 is 5.32 Å². The highest BCUT2D eigenvalue weighted by Crippen LogP contribution is 2.30. The zero-order valence-corrected chi connectivity index (χ0v) is 19.1. The number of piperidine rings is 1. The second-order valence-corrected chi connectivity index (χ2v) is 10.4. The van der Waals surface area contributed by atoms with Gasteiger partial charge in [0, 0.05) is 17.6 Å². The van der Waals surface area contributed by atoms with Crippen molar-refractivity contribution in [3.8, 4) is 0 Å². The lowest BCUT2D eigenvalue weighted by atomic mass is 10.0. The van der Waals surface area contributed by atoms with Gasteiger partial charge in [-0.25, -0.2) is 13.2 Å². The summed E-state index contributed by atoms with van der Waals surface area (Å²) >= 11 is 5.90. The summed E-state index contributed by atoms with van der Waals surface area (Å²) < 4.78 is 33.3. The van der Waals surface area contributed by atoms with E-state index in [1.807, 2.05) is 6.92 Å². The molecule has 168 valence electrons. The summed E-state index contributed by atoms with van der Waals surface area (Å²) in [7, 11) is -3.70. The van der Waals surface area contributed by atoms with Crippen LogP contribution in [0.3, 0.4) is 0 Å². The van der Waals surface area contributed by atoms with Crippen LogP contribution in [0.5, 0.6) is 0 Å². The number of carbonyl (C=O) groups is 1. The van der Waals surface area contributed by atoms with Gasteiger partial charge in [0.2, 0.25) is 10.0 Å². The third-order valence-corrected chi connectivity index (χ3v) is 8.20. The summed E-state index contributed by atoms with van der Waals surface area (Å²) in [6.45, 7) is 5.77. The van der Waals surface area contributed by atoms with Gasteiger partial charge in [-0.3, -0.25) is 0 Å². The SMILES string of the molecule is C[C@@H]1CCC[C@H](COC(=O)NCCCN2CCCC2)N1S(=O)(=O)c1ccc(Cl)cc1. The molecule has 0 aromatic heterocycles. The van der Waals surface area contributed by atoms with Gasteiger partial charge in [-0.1, -0.05) is 18.0 Å². The molecule has 1 aromatic rings. The predicted molar refractivity (Wildman–Crippen MR) is 117 cm³/mol. The summed E-state index contributed by atoms with van der Waals surface area (Å²) in [6, 6.07) is 5.66. The second-order valence-electron chi connectivity index (χ2n) is 8.15. The normalized spacial score (nSPS) is 23.4. The second kappa shape index (κ2) is 10.8. The van der Waals surface area contributed by atoms with Crippen molar-refractivity contribution in [2.45, 2.75) is 62.4 Å². The maximum atomic E-state index is 13.2. The number of sulfonamides is 1. The number of alkyl carbamates (subject to hydrolysis) is 1. The summed E-state index contributed by atoms with van der Waals surface area (Å²) in [5.74, 6) is 0. The summed E-state index contributed by atoms with van der Waals surface area (Å²) in [4.78, 5) is 14.7. The maximum Gasteiger partial charge on any atom is 0.407 e. The van der Waals surface area contributed by atoms with Crippen LogP contribution in [0.15, 0.2) is 29.2 Å². The predicted octanol–water partition coefficient (Wildman–Crippen LogP) is 3.48. The molecule has 1 aromatic carbocycles. The Morgan fingerprint density at radius 1 is 1.17 bits per heavy atom. The fourth-order valence-electron chi connectivity index (χ4n) is 4.30. The van der Waals surface area contributed by atoms with E-state index in [1.54, 1.807) is 12.1 Å². The van der Waals surface area contributed by atoms with E-state index in [0.717, 1.165) is 38.9 Å². The van der Waals surface area contributed by atoms with Gasteiger partial charge in [-0.05, 0) is 82.9 Å². The van der Waals surface area contributed by atoms with E-state index < -0.39 is 16.1 Å². The van der Waals surface area contributed by atoms with Crippen LogP contribution in [-0.4, -0.2) is 68.6 Å². The van der Waals surface area contributed by atoms with Crippen LogP contribution >= 0.6 is 11.6 Å². The van der Waals surface area contributed by atoms with Crippen LogP contribution in [-0.2, 0) is 14.8 Å². The zero-order valence-electron chi connectivity index (χ0n) is 17.6. The van der Waals surface area contributed by atoms with Crippen LogP contribution in [0.25, 0.3) is 0 Å². The van der Waals surface area contributed by atoms with E-state index in [2.05, 4.69) is 10.2 Å². The minimum atomic E-state index is -3.70. The monoisotopic (exact) mass is 457 g/mol. The van der Waals surface area contributed by atoms with Gasteiger partial charge in [0.1, 0.15) is 6.61 Å². The lowest BCUT2D eigenvalue weighted by Gasteiger charge is -2.39. The molecule has 2 heterocycles. The number of nitrogens with one attached hydrogen (secondary N) is 1. The Kier molecular flexibility index (Phi) is 8.39. The van der Waals surface area contributed by atoms with Crippen molar-refractivity contribution in [3.63, 3.8) is 0 Å². The topological polar surface area (TPSA) is 79.0 Å². The molecule has 7 nitrogen and oxygen atoms in total. The highest BCUT2D eigenvalue weighted by Gasteiger charge is 2.38. The Balaban J connectivity index is 1.52. The van der Waals surface area contributed by atoms with Gasteiger partial charge in [-0.15, -0.1) is 0 Å². The Labute approximate surface area is 184 Å². The highest BCUT2D eigenvalue weighted by molar-refractivity contribution is 7.89. The molecule has 1 amide bonds. The van der Waals surface area contributed by atoms with E-state index in [4.69, 9.17) is 16.3 Å². The van der Waals surface area contributed by atoms with E-state index in [-0.39, 0.29) is 23.6 Å². The first-order valence-electron chi connectivity index (χ1n) is 10.8. The number of ether oxygens (including phenoxy) is 1. The molecule has 2 fully saturated rings. The van der Waals surface area contributed by atoms with Crippen molar-refractivity contribution in [2.24, 2.45) is 0 Å². The van der Waals surface area contributed by atoms with Crippen molar-refractivity contribution in [2.75, 3.05) is 32.8 Å². The van der Waals surface area contributed by atoms with Crippen molar-refractivity contribution >= 4 is 27.7 Å². The molecule has 0 bridgehead atoms. The fourth-order valence-corrected chi connectivity index (χ4v) is 6.29. The molecule has 1 N–H and O–H groups in total. The molecule has 0 spiro atoms. The van der Waals surface area contributed by atoms with Gasteiger partial charge < -0.3 is 15.0 Å². The van der Waals surface area contributed by atoms with Crippen molar-refractivity contribution < 1.29 is 17.9 Å². The van der Waals surface area contributed by atoms with E-state index in [9.17, 15) is 13.2 Å². The smallest absolute Gasteiger partial charge is 0.407 e. The number of nitrogens with zero attached hydrogens (tertiary/aromatic N) is 2. The minimum absolute atomic E-state index is 0.0507. The van der Waals surface area contributed by atoms with E-state index in [0.29, 0.717) is 18.0 Å². The highest BCUT2D eigenvalue weighted by atomic mass is 35.5. The van der Waals surface area contributed by atoms with Crippen molar-refractivity contribution in [3.05, 3.63) is 29.3 Å². The molecule has 2 atom stereocenters. The molecule has 2 saturated heterocycles. The van der Waals surface area contributed by atoms with Crippen LogP contribution in [0.1, 0.15) is 45.4 Å². The van der Waals surface area contributed by atoms with Crippen molar-refractivity contribution in [1.82, 2.24) is 14.5 Å². The quantitative estimate of drug-likeness (QED) is 0.604. The minimum Gasteiger partial charge on any atom is -0.448 e. The average Bonchev–Trinajstić information content (AvgIpc) is 3.23. The van der Waals surface area contributed by atoms with Gasteiger partial charge >= 0.3 is 6.09 Å². The molecular formula is C21H32ClN3O4S. The van der Waals surface area contributed by atoms with E-state index in [1.165, 1.54) is 29.3 Å². The first-order valence-corrected chi connectivity index (χ1v) is 12.6. The molecule has 3 rings (SSSR count). The zero-order chi connectivity index (χ0) is 21.6. The first kappa shape index (κ1) is 23.3. The van der Waals surface area contributed by atoms with E-state index >= 15 is 0 Å². The van der Waals surface area contributed by atoms with Gasteiger partial charge in [0.15, 0.2) is 0 Å². The largest absolute Gasteiger partial charge is 0.448 e. The van der Waals surface area contributed by atoms with Gasteiger partial charge in [-0.2, -0.15) is 4.31 Å². The standard InChI is InChI=1S/C21H32ClN3O4S/c1-17-6-4-7-19(25(17)30(27,28)20-10-8-18(22)9-11-20)16-29-21(26)23-12-5-15-24-13-2-3-14-24/h8-11,17,19H,2-7,12-16H2,1H3,(H,23,26)/t17-,19-/m1/s1. The molecular weight excluding hydrogens is 426 g/mol. The number of amides is 1. The lowest BCUT2D eigenvalue weighted by Crippen LogP contribution is -2.51. The number of benzene rings is 1. The van der Waals surface area contributed by atoms with Crippen LogP contribution in [0.2, 0.25) is 5.02 Å². The molecule has 0 aliphatic carbocycles. The van der Waals surface area contributed by atoms with Crippen LogP contribution in [0, 0.1) is 0 Å². The van der Waals surface area contributed by atoms with Gasteiger partial charge in [0.05, 0.1) is 10.9 Å². The fraction of sp³-hybridized carbons (Fsp3) is 0.667. The number of rotatable bonds is 8. The number of likely N-dealkylation sites (tertiary alicyclic amines) is 1. The molecule has 9 heteroatoms. The first-order chi connectivity index (χ1) is 14.4. The Bertz CT molecular complexity index is 797. The summed E-state index contributed by atoms with van der Waals surface area (Å²) in [6.07, 6.45) is 5.26.